The summed E-state index contributed by atoms with van der Waals surface area (Å²) in [4.78, 5) is 21.0. The van der Waals surface area contributed by atoms with Crippen molar-refractivity contribution in [1.29, 1.82) is 0 Å². The summed E-state index contributed by atoms with van der Waals surface area (Å²) in [6.07, 6.45) is 2.57. The molecule has 134 valence electrons. The standard InChI is InChI=1S/C18H30N4O2/c1-18(2,3)12-15(14-23)20-17(24)13-21-8-10-22(11-9-21)16-6-4-5-7-19-16/h4-7,15,23H,8-14H2,1-3H3,(H,20,24). The van der Waals surface area contributed by atoms with Gasteiger partial charge in [-0.15, -0.1) is 0 Å². The van der Waals surface area contributed by atoms with Crippen LogP contribution in [0.3, 0.4) is 0 Å². The Labute approximate surface area is 144 Å². The SMILES string of the molecule is CC(C)(C)CC(CO)NC(=O)CN1CCN(c2ccccn2)CC1. The Bertz CT molecular complexity index is 508. The van der Waals surface area contributed by atoms with Crippen molar-refractivity contribution in [2.75, 3.05) is 44.2 Å². The zero-order chi connectivity index (χ0) is 17.6. The van der Waals surface area contributed by atoms with Crippen molar-refractivity contribution in [1.82, 2.24) is 15.2 Å². The van der Waals surface area contributed by atoms with E-state index >= 15 is 0 Å². The van der Waals surface area contributed by atoms with Gasteiger partial charge in [-0.3, -0.25) is 9.69 Å². The molecule has 2 rings (SSSR count). The highest BCUT2D eigenvalue weighted by molar-refractivity contribution is 5.78. The number of aromatic nitrogens is 1. The second-order valence-electron chi connectivity index (χ2n) is 7.66. The van der Waals surface area contributed by atoms with E-state index in [9.17, 15) is 9.90 Å². The van der Waals surface area contributed by atoms with Gasteiger partial charge in [0.1, 0.15) is 5.82 Å². The Kier molecular flexibility index (Phi) is 6.57. The normalized spacial score (nSPS) is 17.6. The van der Waals surface area contributed by atoms with E-state index in [1.807, 2.05) is 18.2 Å². The van der Waals surface area contributed by atoms with Gasteiger partial charge in [-0.1, -0.05) is 26.8 Å². The molecular formula is C18H30N4O2. The first-order valence-corrected chi connectivity index (χ1v) is 8.66. The summed E-state index contributed by atoms with van der Waals surface area (Å²) < 4.78 is 0. The molecule has 1 unspecified atom stereocenters. The lowest BCUT2D eigenvalue weighted by molar-refractivity contribution is -0.123. The number of anilines is 1. The first-order valence-electron chi connectivity index (χ1n) is 8.66. The summed E-state index contributed by atoms with van der Waals surface area (Å²) in [6.45, 7) is 10.1. The minimum atomic E-state index is -0.174. The third-order valence-electron chi connectivity index (χ3n) is 4.16. The highest BCUT2D eigenvalue weighted by Gasteiger charge is 2.23. The van der Waals surface area contributed by atoms with Crippen LogP contribution in [-0.4, -0.2) is 66.3 Å². The Morgan fingerprint density at radius 3 is 2.54 bits per heavy atom. The maximum Gasteiger partial charge on any atom is 0.234 e. The molecular weight excluding hydrogens is 304 g/mol. The minimum Gasteiger partial charge on any atom is -0.394 e. The van der Waals surface area contributed by atoms with Gasteiger partial charge in [0.15, 0.2) is 0 Å². The van der Waals surface area contributed by atoms with Crippen LogP contribution >= 0.6 is 0 Å². The van der Waals surface area contributed by atoms with Crippen LogP contribution in [0.2, 0.25) is 0 Å². The van der Waals surface area contributed by atoms with Crippen molar-refractivity contribution in [3.8, 4) is 0 Å². The fourth-order valence-electron chi connectivity index (χ4n) is 3.05. The molecule has 6 heteroatoms. The van der Waals surface area contributed by atoms with E-state index in [-0.39, 0.29) is 24.0 Å². The molecule has 0 aliphatic carbocycles. The second kappa shape index (κ2) is 8.44. The molecule has 0 bridgehead atoms. The lowest BCUT2D eigenvalue weighted by Gasteiger charge is -2.35. The molecule has 0 spiro atoms. The molecule has 1 aliphatic rings. The number of rotatable bonds is 6. The summed E-state index contributed by atoms with van der Waals surface area (Å²) in [6, 6.07) is 5.75. The number of amides is 1. The average molecular weight is 334 g/mol. The maximum atomic E-state index is 12.2. The molecule has 6 nitrogen and oxygen atoms in total. The lowest BCUT2D eigenvalue weighted by Crippen LogP contribution is -2.51. The molecule has 1 atom stereocenters. The molecule has 2 heterocycles. The summed E-state index contributed by atoms with van der Waals surface area (Å²) in [5.41, 5.74) is 0.0784. The number of nitrogens with zero attached hydrogens (tertiary/aromatic N) is 3. The third-order valence-corrected chi connectivity index (χ3v) is 4.16. The minimum absolute atomic E-state index is 0.00964. The van der Waals surface area contributed by atoms with Crippen molar-refractivity contribution < 1.29 is 9.90 Å². The summed E-state index contributed by atoms with van der Waals surface area (Å²) in [5, 5.41) is 12.4. The van der Waals surface area contributed by atoms with Gasteiger partial charge in [0, 0.05) is 32.4 Å². The van der Waals surface area contributed by atoms with Gasteiger partial charge in [-0.2, -0.15) is 0 Å². The van der Waals surface area contributed by atoms with Gasteiger partial charge in [0.05, 0.1) is 19.2 Å². The Hall–Kier alpha value is -1.66. The molecule has 1 saturated heterocycles. The lowest BCUT2D eigenvalue weighted by atomic mass is 9.88. The van der Waals surface area contributed by atoms with Crippen molar-refractivity contribution in [3.63, 3.8) is 0 Å². The molecule has 1 amide bonds. The topological polar surface area (TPSA) is 68.7 Å². The van der Waals surface area contributed by atoms with Crippen LogP contribution < -0.4 is 10.2 Å². The van der Waals surface area contributed by atoms with E-state index in [0.717, 1.165) is 38.4 Å². The number of aliphatic hydroxyl groups excluding tert-OH is 1. The number of piperazine rings is 1. The van der Waals surface area contributed by atoms with Crippen LogP contribution in [0.15, 0.2) is 24.4 Å². The monoisotopic (exact) mass is 334 g/mol. The summed E-state index contributed by atoms with van der Waals surface area (Å²) in [7, 11) is 0. The molecule has 1 aromatic rings. The number of carbonyl (C=O) groups excluding carboxylic acids is 1. The zero-order valence-corrected chi connectivity index (χ0v) is 15.0. The van der Waals surface area contributed by atoms with Crippen LogP contribution in [0, 0.1) is 5.41 Å². The molecule has 24 heavy (non-hydrogen) atoms. The van der Waals surface area contributed by atoms with E-state index in [1.165, 1.54) is 0 Å². The molecule has 0 radical (unpaired) electrons. The molecule has 0 saturated carbocycles. The van der Waals surface area contributed by atoms with Crippen molar-refractivity contribution in [2.24, 2.45) is 5.41 Å². The predicted molar refractivity (Wildman–Crippen MR) is 96.0 cm³/mol. The number of carbonyl (C=O) groups is 1. The number of pyridine rings is 1. The van der Waals surface area contributed by atoms with Crippen LogP contribution in [0.25, 0.3) is 0 Å². The van der Waals surface area contributed by atoms with Gasteiger partial charge in [-0.25, -0.2) is 4.98 Å². The Balaban J connectivity index is 1.76. The first kappa shape index (κ1) is 18.7. The Morgan fingerprint density at radius 2 is 2.00 bits per heavy atom. The van der Waals surface area contributed by atoms with Crippen molar-refractivity contribution in [3.05, 3.63) is 24.4 Å². The van der Waals surface area contributed by atoms with Gasteiger partial charge in [-0.05, 0) is 24.0 Å². The number of hydrogen-bond acceptors (Lipinski definition) is 5. The first-order chi connectivity index (χ1) is 11.4. The third kappa shape index (κ3) is 6.09. The smallest absolute Gasteiger partial charge is 0.234 e. The van der Waals surface area contributed by atoms with Crippen molar-refractivity contribution in [2.45, 2.75) is 33.2 Å². The number of hydrogen-bond donors (Lipinski definition) is 2. The van der Waals surface area contributed by atoms with Crippen LogP contribution in [0.4, 0.5) is 5.82 Å². The van der Waals surface area contributed by atoms with Gasteiger partial charge in [0.25, 0.3) is 0 Å². The number of nitrogens with one attached hydrogen (secondary N) is 1. The molecule has 2 N–H and O–H groups in total. The average Bonchev–Trinajstić information content (AvgIpc) is 2.54. The van der Waals surface area contributed by atoms with E-state index < -0.39 is 0 Å². The fraction of sp³-hybridized carbons (Fsp3) is 0.667. The summed E-state index contributed by atoms with van der Waals surface area (Å²) in [5.74, 6) is 0.983. The summed E-state index contributed by atoms with van der Waals surface area (Å²) >= 11 is 0. The van der Waals surface area contributed by atoms with Crippen LogP contribution in [0.5, 0.6) is 0 Å². The quantitative estimate of drug-likeness (QED) is 0.816. The van der Waals surface area contributed by atoms with Gasteiger partial charge < -0.3 is 15.3 Å². The van der Waals surface area contributed by atoms with Crippen LogP contribution in [-0.2, 0) is 4.79 Å². The number of aliphatic hydroxyl groups is 1. The molecule has 1 fully saturated rings. The predicted octanol–water partition coefficient (Wildman–Crippen LogP) is 1.12. The van der Waals surface area contributed by atoms with E-state index in [2.05, 4.69) is 40.9 Å². The van der Waals surface area contributed by atoms with Gasteiger partial charge >= 0.3 is 0 Å². The van der Waals surface area contributed by atoms with E-state index in [4.69, 9.17) is 0 Å². The zero-order valence-electron chi connectivity index (χ0n) is 15.0. The highest BCUT2D eigenvalue weighted by atomic mass is 16.3. The van der Waals surface area contributed by atoms with E-state index in [1.54, 1.807) is 6.20 Å². The van der Waals surface area contributed by atoms with Crippen LogP contribution in [0.1, 0.15) is 27.2 Å². The maximum absolute atomic E-state index is 12.2. The largest absolute Gasteiger partial charge is 0.394 e. The Morgan fingerprint density at radius 1 is 1.29 bits per heavy atom. The second-order valence-corrected chi connectivity index (χ2v) is 7.66. The molecule has 1 aliphatic heterocycles. The highest BCUT2D eigenvalue weighted by Crippen LogP contribution is 2.20. The molecule has 0 aromatic carbocycles. The van der Waals surface area contributed by atoms with Gasteiger partial charge in [0.2, 0.25) is 5.91 Å². The van der Waals surface area contributed by atoms with E-state index in [0.29, 0.717) is 6.54 Å². The fourth-order valence-corrected chi connectivity index (χ4v) is 3.05. The van der Waals surface area contributed by atoms with Crippen molar-refractivity contribution >= 4 is 11.7 Å². The molecule has 1 aromatic heterocycles.